The Kier molecular flexibility index (Phi) is 4.45. The molecule has 3 heterocycles. The highest BCUT2D eigenvalue weighted by atomic mass is 16.3. The summed E-state index contributed by atoms with van der Waals surface area (Å²) in [6.45, 7) is 6.76. The average molecular weight is 332 g/mol. The van der Waals surface area contributed by atoms with Gasteiger partial charge in [-0.15, -0.1) is 5.10 Å². The van der Waals surface area contributed by atoms with E-state index in [1.807, 2.05) is 20.8 Å². The van der Waals surface area contributed by atoms with Crippen molar-refractivity contribution in [1.82, 2.24) is 19.9 Å². The van der Waals surface area contributed by atoms with Crippen molar-refractivity contribution in [3.63, 3.8) is 0 Å². The molecule has 0 saturated carbocycles. The summed E-state index contributed by atoms with van der Waals surface area (Å²) in [6, 6.07) is 1.89. The SMILES string of the molecule is CCCc1occc1C(=O)N1CC[C@](O)(c2cn(C(C)C)nn2)C1. The highest BCUT2D eigenvalue weighted by Gasteiger charge is 2.42. The molecule has 2 aromatic rings. The van der Waals surface area contributed by atoms with Crippen molar-refractivity contribution in [2.24, 2.45) is 0 Å². The van der Waals surface area contributed by atoms with E-state index in [1.165, 1.54) is 0 Å². The maximum atomic E-state index is 12.7. The summed E-state index contributed by atoms with van der Waals surface area (Å²) in [5.74, 6) is 0.614. The van der Waals surface area contributed by atoms with Crippen LogP contribution >= 0.6 is 0 Å². The van der Waals surface area contributed by atoms with Crippen LogP contribution in [0.2, 0.25) is 0 Å². The Balaban J connectivity index is 1.76. The summed E-state index contributed by atoms with van der Waals surface area (Å²) in [5.41, 5.74) is -0.0308. The van der Waals surface area contributed by atoms with Gasteiger partial charge in [-0.3, -0.25) is 4.79 Å². The maximum absolute atomic E-state index is 12.7. The number of aryl methyl sites for hydroxylation is 1. The van der Waals surface area contributed by atoms with Gasteiger partial charge < -0.3 is 14.4 Å². The van der Waals surface area contributed by atoms with Gasteiger partial charge in [-0.1, -0.05) is 12.1 Å². The summed E-state index contributed by atoms with van der Waals surface area (Å²) < 4.78 is 7.13. The van der Waals surface area contributed by atoms with Crippen LogP contribution in [0.3, 0.4) is 0 Å². The fraction of sp³-hybridized carbons (Fsp3) is 0.588. The molecule has 3 rings (SSSR count). The van der Waals surface area contributed by atoms with Crippen molar-refractivity contribution in [3.05, 3.63) is 35.5 Å². The van der Waals surface area contributed by atoms with Crippen LogP contribution in [0.15, 0.2) is 22.9 Å². The number of carbonyl (C=O) groups is 1. The van der Waals surface area contributed by atoms with Crippen molar-refractivity contribution in [1.29, 1.82) is 0 Å². The number of aliphatic hydroxyl groups is 1. The lowest BCUT2D eigenvalue weighted by molar-refractivity contribution is 0.0381. The molecular weight excluding hydrogens is 308 g/mol. The minimum atomic E-state index is -1.14. The third-order valence-electron chi connectivity index (χ3n) is 4.50. The minimum Gasteiger partial charge on any atom is -0.469 e. The molecule has 0 spiro atoms. The van der Waals surface area contributed by atoms with Crippen molar-refractivity contribution >= 4 is 5.91 Å². The van der Waals surface area contributed by atoms with Gasteiger partial charge >= 0.3 is 0 Å². The van der Waals surface area contributed by atoms with Crippen LogP contribution in [0, 0.1) is 0 Å². The Morgan fingerprint density at radius 3 is 2.96 bits per heavy atom. The molecule has 1 aliphatic heterocycles. The lowest BCUT2D eigenvalue weighted by Gasteiger charge is -2.21. The van der Waals surface area contributed by atoms with Gasteiger partial charge in [0.2, 0.25) is 0 Å². The Hall–Kier alpha value is -2.15. The first-order valence-corrected chi connectivity index (χ1v) is 8.45. The van der Waals surface area contributed by atoms with Crippen LogP contribution in [-0.2, 0) is 12.0 Å². The van der Waals surface area contributed by atoms with E-state index in [9.17, 15) is 9.90 Å². The highest BCUT2D eigenvalue weighted by molar-refractivity contribution is 5.95. The standard InChI is InChI=1S/C17H24N4O3/c1-4-5-14-13(6-9-24-14)16(22)20-8-7-17(23,11-20)15-10-21(12(2)3)19-18-15/h6,9-10,12,23H,4-5,7-8,11H2,1-3H3/t17-/m1/s1. The Morgan fingerprint density at radius 1 is 1.50 bits per heavy atom. The second-order valence-corrected chi connectivity index (χ2v) is 6.69. The van der Waals surface area contributed by atoms with Crippen LogP contribution < -0.4 is 0 Å². The lowest BCUT2D eigenvalue weighted by atomic mass is 10.00. The van der Waals surface area contributed by atoms with Gasteiger partial charge in [0.1, 0.15) is 17.1 Å². The van der Waals surface area contributed by atoms with Gasteiger partial charge in [0.25, 0.3) is 5.91 Å². The zero-order valence-corrected chi connectivity index (χ0v) is 14.4. The molecule has 1 N–H and O–H groups in total. The molecule has 24 heavy (non-hydrogen) atoms. The van der Waals surface area contributed by atoms with Gasteiger partial charge in [0, 0.05) is 25.4 Å². The van der Waals surface area contributed by atoms with Crippen molar-refractivity contribution in [3.8, 4) is 0 Å². The zero-order chi connectivity index (χ0) is 17.3. The summed E-state index contributed by atoms with van der Waals surface area (Å²) in [5, 5.41) is 19.1. The van der Waals surface area contributed by atoms with Crippen LogP contribution in [0.5, 0.6) is 0 Å². The number of β-amino-alcohol motifs (C(OH)–C–C–N with tert-alkyl or cyclic N) is 1. The molecule has 1 fully saturated rings. The quantitative estimate of drug-likeness (QED) is 0.907. The zero-order valence-electron chi connectivity index (χ0n) is 14.4. The molecule has 0 aliphatic carbocycles. The van der Waals surface area contributed by atoms with Crippen molar-refractivity contribution < 1.29 is 14.3 Å². The summed E-state index contributed by atoms with van der Waals surface area (Å²) in [7, 11) is 0. The van der Waals surface area contributed by atoms with E-state index in [-0.39, 0.29) is 18.5 Å². The van der Waals surface area contributed by atoms with Gasteiger partial charge in [-0.25, -0.2) is 4.68 Å². The third-order valence-corrected chi connectivity index (χ3v) is 4.50. The number of likely N-dealkylation sites (tertiary alicyclic amines) is 1. The second kappa shape index (κ2) is 6.39. The van der Waals surface area contributed by atoms with E-state index in [0.29, 0.717) is 30.0 Å². The molecule has 130 valence electrons. The number of amides is 1. The molecule has 1 atom stereocenters. The average Bonchev–Trinajstić information content (AvgIpc) is 3.26. The van der Waals surface area contributed by atoms with Crippen LogP contribution in [-0.4, -0.2) is 44.0 Å². The van der Waals surface area contributed by atoms with Crippen molar-refractivity contribution in [2.45, 2.75) is 51.7 Å². The molecule has 0 unspecified atom stereocenters. The van der Waals surface area contributed by atoms with E-state index < -0.39 is 5.60 Å². The molecule has 1 amide bonds. The predicted molar refractivity (Wildman–Crippen MR) is 87.5 cm³/mol. The van der Waals surface area contributed by atoms with Gasteiger partial charge in [0.05, 0.1) is 24.6 Å². The fourth-order valence-electron chi connectivity index (χ4n) is 3.04. The number of nitrogens with zero attached hydrogens (tertiary/aromatic N) is 4. The van der Waals surface area contributed by atoms with E-state index >= 15 is 0 Å². The summed E-state index contributed by atoms with van der Waals surface area (Å²) >= 11 is 0. The molecular formula is C17H24N4O3. The van der Waals surface area contributed by atoms with E-state index in [1.54, 1.807) is 28.1 Å². The van der Waals surface area contributed by atoms with Crippen molar-refractivity contribution in [2.75, 3.05) is 13.1 Å². The molecule has 7 heteroatoms. The predicted octanol–water partition coefficient (Wildman–Crippen LogP) is 2.14. The van der Waals surface area contributed by atoms with Crippen LogP contribution in [0.1, 0.15) is 61.5 Å². The normalized spacial score (nSPS) is 21.0. The van der Waals surface area contributed by atoms with E-state index in [4.69, 9.17) is 4.42 Å². The fourth-order valence-corrected chi connectivity index (χ4v) is 3.04. The number of aromatic nitrogens is 3. The lowest BCUT2D eigenvalue weighted by Crippen LogP contribution is -2.34. The Morgan fingerprint density at radius 2 is 2.29 bits per heavy atom. The van der Waals surface area contributed by atoms with Gasteiger partial charge in [-0.05, 0) is 26.3 Å². The molecule has 1 saturated heterocycles. The highest BCUT2D eigenvalue weighted by Crippen LogP contribution is 2.32. The first-order valence-electron chi connectivity index (χ1n) is 8.45. The number of furan rings is 1. The molecule has 0 bridgehead atoms. The largest absolute Gasteiger partial charge is 0.469 e. The topological polar surface area (TPSA) is 84.4 Å². The Labute approximate surface area is 141 Å². The van der Waals surface area contributed by atoms with Crippen LogP contribution in [0.25, 0.3) is 0 Å². The van der Waals surface area contributed by atoms with Gasteiger partial charge in [-0.2, -0.15) is 0 Å². The first kappa shape index (κ1) is 16.7. The van der Waals surface area contributed by atoms with E-state index in [0.717, 1.165) is 12.8 Å². The summed E-state index contributed by atoms with van der Waals surface area (Å²) in [4.78, 5) is 14.4. The van der Waals surface area contributed by atoms with E-state index in [2.05, 4.69) is 10.3 Å². The van der Waals surface area contributed by atoms with Gasteiger partial charge in [0.15, 0.2) is 0 Å². The number of carbonyl (C=O) groups excluding carboxylic acids is 1. The molecule has 2 aromatic heterocycles. The Bertz CT molecular complexity index is 721. The molecule has 0 aromatic carbocycles. The first-order chi connectivity index (χ1) is 11.4. The summed E-state index contributed by atoms with van der Waals surface area (Å²) in [6.07, 6.45) is 5.41. The second-order valence-electron chi connectivity index (χ2n) is 6.69. The maximum Gasteiger partial charge on any atom is 0.257 e. The number of hydrogen-bond donors (Lipinski definition) is 1. The monoisotopic (exact) mass is 332 g/mol. The molecule has 0 radical (unpaired) electrons. The molecule has 1 aliphatic rings. The number of rotatable bonds is 5. The minimum absolute atomic E-state index is 0.0978. The number of hydrogen-bond acceptors (Lipinski definition) is 5. The smallest absolute Gasteiger partial charge is 0.257 e. The van der Waals surface area contributed by atoms with Crippen LogP contribution in [0.4, 0.5) is 0 Å². The third kappa shape index (κ3) is 2.96. The molecule has 7 nitrogen and oxygen atoms in total.